The molecular formula is C9H13NO5. The first-order valence-electron chi connectivity index (χ1n) is 4.70. The van der Waals surface area contributed by atoms with Gasteiger partial charge >= 0.3 is 5.97 Å². The Bertz CT molecular complexity index is 272. The van der Waals surface area contributed by atoms with Crippen molar-refractivity contribution in [2.75, 3.05) is 13.2 Å². The number of nitrogens with zero attached hydrogens (tertiary/aromatic N) is 1. The molecule has 1 atom stereocenters. The predicted octanol–water partition coefficient (Wildman–Crippen LogP) is -0.375. The van der Waals surface area contributed by atoms with Crippen LogP contribution in [0.2, 0.25) is 0 Å². The molecule has 84 valence electrons. The number of likely N-dealkylation sites (tertiary alicyclic amines) is 1. The lowest BCUT2D eigenvalue weighted by Gasteiger charge is -2.14. The number of imide groups is 1. The summed E-state index contributed by atoms with van der Waals surface area (Å²) in [4.78, 5) is 33.7. The number of hydrogen-bond acceptors (Lipinski definition) is 4. The van der Waals surface area contributed by atoms with Crippen LogP contribution in [0.3, 0.4) is 0 Å². The average molecular weight is 215 g/mol. The van der Waals surface area contributed by atoms with Crippen LogP contribution in [-0.2, 0) is 19.1 Å². The highest BCUT2D eigenvalue weighted by Crippen LogP contribution is 2.10. The van der Waals surface area contributed by atoms with Gasteiger partial charge in [-0.1, -0.05) is 0 Å². The number of hydrogen-bond donors (Lipinski definition) is 1. The highest BCUT2D eigenvalue weighted by Gasteiger charge is 2.28. The third-order valence-electron chi connectivity index (χ3n) is 2.19. The van der Waals surface area contributed by atoms with Crippen LogP contribution in [0.5, 0.6) is 0 Å². The summed E-state index contributed by atoms with van der Waals surface area (Å²) in [5.74, 6) is -1.49. The van der Waals surface area contributed by atoms with Gasteiger partial charge in [-0.05, 0) is 6.92 Å². The van der Waals surface area contributed by atoms with E-state index in [9.17, 15) is 14.4 Å². The number of amides is 2. The van der Waals surface area contributed by atoms with Gasteiger partial charge in [0.15, 0.2) is 6.10 Å². The normalized spacial score (nSPS) is 18.3. The molecule has 1 unspecified atom stereocenters. The SMILES string of the molecule is CC(OCCN1C(=O)CCC1=O)C(=O)O. The van der Waals surface area contributed by atoms with Crippen LogP contribution in [0.15, 0.2) is 0 Å². The standard InChI is InChI=1S/C9H13NO5/c1-6(9(13)14)15-5-4-10-7(11)2-3-8(10)12/h6H,2-5H2,1H3,(H,13,14). The Morgan fingerprint density at radius 2 is 2.00 bits per heavy atom. The minimum absolute atomic E-state index is 0.0605. The van der Waals surface area contributed by atoms with E-state index in [0.29, 0.717) is 0 Å². The molecule has 6 nitrogen and oxygen atoms in total. The molecule has 0 aliphatic carbocycles. The van der Waals surface area contributed by atoms with E-state index in [4.69, 9.17) is 9.84 Å². The van der Waals surface area contributed by atoms with Gasteiger partial charge in [-0.3, -0.25) is 14.5 Å². The zero-order valence-electron chi connectivity index (χ0n) is 8.43. The van der Waals surface area contributed by atoms with Crippen molar-refractivity contribution in [1.29, 1.82) is 0 Å². The Morgan fingerprint density at radius 1 is 1.47 bits per heavy atom. The number of carbonyl (C=O) groups is 3. The van der Waals surface area contributed by atoms with Gasteiger partial charge < -0.3 is 9.84 Å². The average Bonchev–Trinajstić information content (AvgIpc) is 2.48. The molecule has 15 heavy (non-hydrogen) atoms. The Balaban J connectivity index is 2.28. The highest BCUT2D eigenvalue weighted by molar-refractivity contribution is 6.01. The van der Waals surface area contributed by atoms with E-state index < -0.39 is 12.1 Å². The summed E-state index contributed by atoms with van der Waals surface area (Å²) in [5.41, 5.74) is 0. The third kappa shape index (κ3) is 3.02. The lowest BCUT2D eigenvalue weighted by molar-refractivity contribution is -0.149. The molecule has 1 aliphatic rings. The van der Waals surface area contributed by atoms with E-state index in [-0.39, 0.29) is 37.8 Å². The fraction of sp³-hybridized carbons (Fsp3) is 0.667. The summed E-state index contributed by atoms with van der Waals surface area (Å²) in [5, 5.41) is 8.51. The smallest absolute Gasteiger partial charge is 0.332 e. The zero-order chi connectivity index (χ0) is 11.4. The summed E-state index contributed by atoms with van der Waals surface area (Å²) in [7, 11) is 0. The Labute approximate surface area is 86.8 Å². The summed E-state index contributed by atoms with van der Waals surface area (Å²) < 4.78 is 4.92. The van der Waals surface area contributed by atoms with Crippen molar-refractivity contribution in [3.05, 3.63) is 0 Å². The number of carboxylic acid groups (broad SMARTS) is 1. The second-order valence-corrected chi connectivity index (χ2v) is 3.29. The zero-order valence-corrected chi connectivity index (χ0v) is 8.43. The van der Waals surface area contributed by atoms with E-state index in [1.54, 1.807) is 0 Å². The monoisotopic (exact) mass is 215 g/mol. The molecule has 0 aromatic carbocycles. The summed E-state index contributed by atoms with van der Waals surface area (Å²) in [6.45, 7) is 1.59. The molecule has 6 heteroatoms. The van der Waals surface area contributed by atoms with Gasteiger partial charge in [0, 0.05) is 12.8 Å². The van der Waals surface area contributed by atoms with Crippen LogP contribution in [0.1, 0.15) is 19.8 Å². The molecule has 1 N–H and O–H groups in total. The molecule has 1 saturated heterocycles. The van der Waals surface area contributed by atoms with Gasteiger partial charge in [0.2, 0.25) is 11.8 Å². The van der Waals surface area contributed by atoms with Crippen LogP contribution in [0.4, 0.5) is 0 Å². The quantitative estimate of drug-likeness (QED) is 0.632. The van der Waals surface area contributed by atoms with Crippen LogP contribution in [0, 0.1) is 0 Å². The number of aliphatic carboxylic acids is 1. The minimum Gasteiger partial charge on any atom is -0.479 e. The van der Waals surface area contributed by atoms with Crippen LogP contribution in [0.25, 0.3) is 0 Å². The molecule has 1 heterocycles. The molecule has 1 aliphatic heterocycles. The lowest BCUT2D eigenvalue weighted by Crippen LogP contribution is -2.34. The molecule has 0 saturated carbocycles. The highest BCUT2D eigenvalue weighted by atomic mass is 16.5. The second kappa shape index (κ2) is 4.88. The fourth-order valence-corrected chi connectivity index (χ4v) is 1.26. The number of carbonyl (C=O) groups excluding carboxylic acids is 2. The Kier molecular flexibility index (Phi) is 3.79. The molecule has 1 fully saturated rings. The van der Waals surface area contributed by atoms with Crippen molar-refractivity contribution in [1.82, 2.24) is 4.90 Å². The molecule has 0 aromatic heterocycles. The predicted molar refractivity (Wildman–Crippen MR) is 49.0 cm³/mol. The van der Waals surface area contributed by atoms with Crippen molar-refractivity contribution < 1.29 is 24.2 Å². The third-order valence-corrected chi connectivity index (χ3v) is 2.19. The van der Waals surface area contributed by atoms with Gasteiger partial charge in [0.1, 0.15) is 0 Å². The Morgan fingerprint density at radius 3 is 2.47 bits per heavy atom. The minimum atomic E-state index is -1.06. The van der Waals surface area contributed by atoms with Gasteiger partial charge in [0.25, 0.3) is 0 Å². The van der Waals surface area contributed by atoms with Gasteiger partial charge in [0.05, 0.1) is 13.2 Å². The van der Waals surface area contributed by atoms with Crippen LogP contribution in [-0.4, -0.2) is 47.0 Å². The molecule has 0 bridgehead atoms. The Hall–Kier alpha value is -1.43. The number of ether oxygens (including phenoxy) is 1. The lowest BCUT2D eigenvalue weighted by atomic mass is 10.4. The first kappa shape index (κ1) is 11.6. The maximum absolute atomic E-state index is 11.1. The molecule has 0 spiro atoms. The first-order valence-corrected chi connectivity index (χ1v) is 4.70. The number of rotatable bonds is 5. The largest absolute Gasteiger partial charge is 0.479 e. The van der Waals surface area contributed by atoms with Crippen LogP contribution < -0.4 is 0 Å². The maximum Gasteiger partial charge on any atom is 0.332 e. The van der Waals surface area contributed by atoms with Crippen molar-refractivity contribution in [2.24, 2.45) is 0 Å². The van der Waals surface area contributed by atoms with Crippen LogP contribution >= 0.6 is 0 Å². The maximum atomic E-state index is 11.1. The molecule has 1 rings (SSSR count). The van der Waals surface area contributed by atoms with Gasteiger partial charge in [-0.2, -0.15) is 0 Å². The van der Waals surface area contributed by atoms with Gasteiger partial charge in [-0.25, -0.2) is 4.79 Å². The van der Waals surface area contributed by atoms with E-state index in [2.05, 4.69) is 0 Å². The van der Waals surface area contributed by atoms with E-state index in [1.807, 2.05) is 0 Å². The summed E-state index contributed by atoms with van der Waals surface area (Å²) in [6, 6.07) is 0. The summed E-state index contributed by atoms with van der Waals surface area (Å²) >= 11 is 0. The molecule has 0 radical (unpaired) electrons. The van der Waals surface area contributed by atoms with E-state index in [0.717, 1.165) is 4.90 Å². The fourth-order valence-electron chi connectivity index (χ4n) is 1.26. The van der Waals surface area contributed by atoms with E-state index in [1.165, 1.54) is 6.92 Å². The second-order valence-electron chi connectivity index (χ2n) is 3.29. The first-order chi connectivity index (χ1) is 7.02. The molecule has 2 amide bonds. The van der Waals surface area contributed by atoms with Crippen molar-refractivity contribution in [2.45, 2.75) is 25.9 Å². The summed E-state index contributed by atoms with van der Waals surface area (Å²) in [6.07, 6.45) is -0.432. The van der Waals surface area contributed by atoms with Gasteiger partial charge in [-0.15, -0.1) is 0 Å². The van der Waals surface area contributed by atoms with Crippen molar-refractivity contribution >= 4 is 17.8 Å². The number of carboxylic acids is 1. The molecular weight excluding hydrogens is 202 g/mol. The topological polar surface area (TPSA) is 83.9 Å². The van der Waals surface area contributed by atoms with E-state index >= 15 is 0 Å². The van der Waals surface area contributed by atoms with Crippen molar-refractivity contribution in [3.8, 4) is 0 Å². The molecule has 0 aromatic rings. The van der Waals surface area contributed by atoms with Crippen molar-refractivity contribution in [3.63, 3.8) is 0 Å².